The van der Waals surface area contributed by atoms with Crippen molar-refractivity contribution < 1.29 is 9.53 Å². The summed E-state index contributed by atoms with van der Waals surface area (Å²) >= 11 is 0. The summed E-state index contributed by atoms with van der Waals surface area (Å²) in [5.74, 6) is -0.0231. The Morgan fingerprint density at radius 3 is 2.66 bits per heavy atom. The Hall–Kier alpha value is -3.94. The van der Waals surface area contributed by atoms with Gasteiger partial charge in [-0.3, -0.25) is 15.0 Å². The second-order valence-electron chi connectivity index (χ2n) is 6.42. The van der Waals surface area contributed by atoms with Crippen LogP contribution in [0.3, 0.4) is 0 Å². The van der Waals surface area contributed by atoms with Crippen LogP contribution in [-0.4, -0.2) is 32.0 Å². The summed E-state index contributed by atoms with van der Waals surface area (Å²) in [5.41, 5.74) is 4.80. The third-order valence-electron chi connectivity index (χ3n) is 4.42. The average Bonchev–Trinajstić information content (AvgIpc) is 3.16. The lowest BCUT2D eigenvalue weighted by atomic mass is 10.2. The molecule has 0 bridgehead atoms. The van der Waals surface area contributed by atoms with Crippen molar-refractivity contribution in [3.8, 4) is 11.4 Å². The van der Waals surface area contributed by atoms with Crippen LogP contribution < -0.4 is 15.7 Å². The summed E-state index contributed by atoms with van der Waals surface area (Å²) in [6.45, 7) is 4.26. The van der Waals surface area contributed by atoms with Gasteiger partial charge in [-0.2, -0.15) is 5.10 Å². The molecule has 8 nitrogen and oxygen atoms in total. The molecule has 0 spiro atoms. The Morgan fingerprint density at radius 1 is 1.14 bits per heavy atom. The number of rotatable bonds is 5. The molecule has 2 aromatic heterocycles. The molecule has 0 fully saturated rings. The monoisotopic (exact) mass is 389 g/mol. The van der Waals surface area contributed by atoms with Crippen molar-refractivity contribution in [1.82, 2.24) is 19.4 Å². The molecule has 4 aromatic rings. The topological polar surface area (TPSA) is 91.0 Å². The lowest BCUT2D eigenvalue weighted by Crippen LogP contribution is -2.33. The molecule has 8 heteroatoms. The van der Waals surface area contributed by atoms with Crippen LogP contribution in [0, 0.1) is 6.92 Å². The minimum atomic E-state index is -0.469. The van der Waals surface area contributed by atoms with Crippen molar-refractivity contribution in [1.29, 1.82) is 0 Å². The molecule has 1 amide bonds. The van der Waals surface area contributed by atoms with E-state index in [1.165, 1.54) is 12.5 Å². The summed E-state index contributed by atoms with van der Waals surface area (Å²) in [6.07, 6.45) is 2.72. The second-order valence-corrected chi connectivity index (χ2v) is 6.42. The predicted octanol–water partition coefficient (Wildman–Crippen LogP) is 2.67. The zero-order valence-electron chi connectivity index (χ0n) is 16.0. The number of fused-ring (bicyclic) bond motifs is 1. The minimum Gasteiger partial charge on any atom is -0.493 e. The van der Waals surface area contributed by atoms with E-state index in [9.17, 15) is 9.59 Å². The Kier molecular flexibility index (Phi) is 4.82. The summed E-state index contributed by atoms with van der Waals surface area (Å²) in [6, 6.07) is 14.6. The third-order valence-corrected chi connectivity index (χ3v) is 4.42. The van der Waals surface area contributed by atoms with Gasteiger partial charge in [0.05, 0.1) is 24.1 Å². The van der Waals surface area contributed by atoms with E-state index in [1.54, 1.807) is 28.9 Å². The highest BCUT2D eigenvalue weighted by atomic mass is 16.5. The van der Waals surface area contributed by atoms with Crippen LogP contribution in [0.15, 0.2) is 65.8 Å². The number of benzene rings is 2. The van der Waals surface area contributed by atoms with Crippen LogP contribution in [-0.2, 0) is 0 Å². The van der Waals surface area contributed by atoms with E-state index in [-0.39, 0.29) is 0 Å². The number of aromatic nitrogens is 4. The zero-order chi connectivity index (χ0) is 20.4. The molecular weight excluding hydrogens is 370 g/mol. The molecule has 1 N–H and O–H groups in total. The standard InChI is InChI=1S/C21H19N5O3/c1-3-29-18-7-5-4-6-16(18)20(27)24-25-13-22-19-17(21(25)28)12-23-26(19)15-10-8-14(2)9-11-15/h4-13H,3H2,1-2H3,(H,24,27). The molecule has 2 aromatic carbocycles. The normalized spacial score (nSPS) is 10.8. The van der Waals surface area contributed by atoms with E-state index in [0.717, 1.165) is 15.9 Å². The fourth-order valence-electron chi connectivity index (χ4n) is 2.97. The second kappa shape index (κ2) is 7.59. The summed E-state index contributed by atoms with van der Waals surface area (Å²) in [7, 11) is 0. The van der Waals surface area contributed by atoms with Gasteiger partial charge in [-0.05, 0) is 38.1 Å². The number of aryl methyl sites for hydroxylation is 1. The predicted molar refractivity (Wildman–Crippen MR) is 109 cm³/mol. The zero-order valence-corrected chi connectivity index (χ0v) is 16.0. The van der Waals surface area contributed by atoms with Crippen LogP contribution >= 0.6 is 0 Å². The first-order valence-electron chi connectivity index (χ1n) is 9.14. The smallest absolute Gasteiger partial charge is 0.283 e. The van der Waals surface area contributed by atoms with Gasteiger partial charge in [0, 0.05) is 0 Å². The first-order chi connectivity index (χ1) is 14.1. The maximum absolute atomic E-state index is 12.8. The van der Waals surface area contributed by atoms with E-state index in [0.29, 0.717) is 29.0 Å². The first kappa shape index (κ1) is 18.4. The van der Waals surface area contributed by atoms with Crippen molar-refractivity contribution in [2.24, 2.45) is 0 Å². The number of nitrogens with one attached hydrogen (secondary N) is 1. The van der Waals surface area contributed by atoms with Gasteiger partial charge in [-0.1, -0.05) is 29.8 Å². The van der Waals surface area contributed by atoms with E-state index >= 15 is 0 Å². The van der Waals surface area contributed by atoms with Crippen molar-refractivity contribution >= 4 is 16.9 Å². The fourth-order valence-corrected chi connectivity index (χ4v) is 2.97. The number of nitrogens with zero attached hydrogens (tertiary/aromatic N) is 4. The van der Waals surface area contributed by atoms with Gasteiger partial charge in [0.15, 0.2) is 5.65 Å². The molecule has 0 atom stereocenters. The molecule has 0 aliphatic heterocycles. The number of hydrogen-bond acceptors (Lipinski definition) is 5. The van der Waals surface area contributed by atoms with Crippen LogP contribution in [0.5, 0.6) is 5.75 Å². The molecular formula is C21H19N5O3. The highest BCUT2D eigenvalue weighted by Gasteiger charge is 2.16. The van der Waals surface area contributed by atoms with Gasteiger partial charge in [-0.25, -0.2) is 14.3 Å². The van der Waals surface area contributed by atoms with E-state index in [2.05, 4.69) is 15.5 Å². The number of carbonyl (C=O) groups is 1. The number of amides is 1. The van der Waals surface area contributed by atoms with Crippen molar-refractivity contribution in [2.45, 2.75) is 13.8 Å². The van der Waals surface area contributed by atoms with Crippen LogP contribution in [0.1, 0.15) is 22.8 Å². The Balaban J connectivity index is 1.68. The summed E-state index contributed by atoms with van der Waals surface area (Å²) in [5, 5.41) is 4.58. The molecule has 2 heterocycles. The van der Waals surface area contributed by atoms with Gasteiger partial charge in [0.25, 0.3) is 11.5 Å². The van der Waals surface area contributed by atoms with Gasteiger partial charge < -0.3 is 4.74 Å². The van der Waals surface area contributed by atoms with E-state index in [1.807, 2.05) is 38.1 Å². The Bertz CT molecular complexity index is 1240. The molecule has 0 radical (unpaired) electrons. The molecule has 0 aliphatic rings. The summed E-state index contributed by atoms with van der Waals surface area (Å²) < 4.78 is 8.12. The first-order valence-corrected chi connectivity index (χ1v) is 9.14. The number of carbonyl (C=O) groups excluding carboxylic acids is 1. The maximum atomic E-state index is 12.8. The molecule has 29 heavy (non-hydrogen) atoms. The number of ether oxygens (including phenoxy) is 1. The van der Waals surface area contributed by atoms with Gasteiger partial charge in [0.1, 0.15) is 17.5 Å². The molecule has 0 unspecified atom stereocenters. The molecule has 0 saturated heterocycles. The van der Waals surface area contributed by atoms with Crippen LogP contribution in [0.4, 0.5) is 0 Å². The SMILES string of the molecule is CCOc1ccccc1C(=O)Nn1cnc2c(cnn2-c2ccc(C)cc2)c1=O. The number of hydrogen-bond donors (Lipinski definition) is 1. The number of para-hydroxylation sites is 1. The average molecular weight is 389 g/mol. The van der Waals surface area contributed by atoms with Gasteiger partial charge >= 0.3 is 0 Å². The van der Waals surface area contributed by atoms with Crippen molar-refractivity contribution in [3.05, 3.63) is 82.5 Å². The van der Waals surface area contributed by atoms with Gasteiger partial charge in [-0.15, -0.1) is 0 Å². The lowest BCUT2D eigenvalue weighted by molar-refractivity contribution is 0.100. The molecule has 0 aliphatic carbocycles. The largest absolute Gasteiger partial charge is 0.493 e. The molecule has 0 saturated carbocycles. The Morgan fingerprint density at radius 2 is 1.90 bits per heavy atom. The van der Waals surface area contributed by atoms with Crippen molar-refractivity contribution in [2.75, 3.05) is 12.0 Å². The third kappa shape index (κ3) is 3.47. The highest BCUT2D eigenvalue weighted by molar-refractivity contribution is 6.02. The minimum absolute atomic E-state index is 0.298. The van der Waals surface area contributed by atoms with Gasteiger partial charge in [0.2, 0.25) is 0 Å². The molecule has 4 rings (SSSR count). The maximum Gasteiger partial charge on any atom is 0.283 e. The quantitative estimate of drug-likeness (QED) is 0.567. The molecule has 146 valence electrons. The highest BCUT2D eigenvalue weighted by Crippen LogP contribution is 2.18. The fraction of sp³-hybridized carbons (Fsp3) is 0.143. The van der Waals surface area contributed by atoms with Crippen molar-refractivity contribution in [3.63, 3.8) is 0 Å². The van der Waals surface area contributed by atoms with E-state index < -0.39 is 11.5 Å². The van der Waals surface area contributed by atoms with Crippen LogP contribution in [0.25, 0.3) is 16.7 Å². The van der Waals surface area contributed by atoms with E-state index in [4.69, 9.17) is 4.74 Å². The summed E-state index contributed by atoms with van der Waals surface area (Å²) in [4.78, 5) is 29.8. The Labute approximate surface area is 166 Å². The lowest BCUT2D eigenvalue weighted by Gasteiger charge is -2.11. The van der Waals surface area contributed by atoms with Crippen LogP contribution in [0.2, 0.25) is 0 Å².